The van der Waals surface area contributed by atoms with Crippen molar-refractivity contribution < 1.29 is 9.34 Å². The fraction of sp³-hybridized carbons (Fsp3) is 0.188. The number of aromatic nitrogens is 1. The molecule has 116 valence electrons. The standard InChI is InChI=1S/C16H13N3O3S/c20-19(21)13-5-2-1-4-12(13)17-16-18(11-7-8-11)14(10-23-16)15-6-3-9-22-15/h1-6,9-11H,7-8H2. The monoisotopic (exact) mass is 327 g/mol. The highest BCUT2D eigenvalue weighted by Gasteiger charge is 2.28. The van der Waals surface area contributed by atoms with Gasteiger partial charge in [-0.25, -0.2) is 4.99 Å². The lowest BCUT2D eigenvalue weighted by atomic mass is 10.3. The third kappa shape index (κ3) is 2.59. The first-order valence-corrected chi connectivity index (χ1v) is 8.14. The molecule has 23 heavy (non-hydrogen) atoms. The van der Waals surface area contributed by atoms with Crippen molar-refractivity contribution >= 4 is 22.7 Å². The van der Waals surface area contributed by atoms with E-state index in [-0.39, 0.29) is 5.69 Å². The van der Waals surface area contributed by atoms with Crippen molar-refractivity contribution in [2.24, 2.45) is 4.99 Å². The Bertz CT molecular complexity index is 920. The van der Waals surface area contributed by atoms with E-state index >= 15 is 0 Å². The first kappa shape index (κ1) is 14.0. The predicted molar refractivity (Wildman–Crippen MR) is 86.6 cm³/mol. The van der Waals surface area contributed by atoms with Crippen LogP contribution in [0.5, 0.6) is 0 Å². The highest BCUT2D eigenvalue weighted by molar-refractivity contribution is 7.07. The van der Waals surface area contributed by atoms with Crippen LogP contribution in [0.2, 0.25) is 0 Å². The van der Waals surface area contributed by atoms with Gasteiger partial charge in [0.25, 0.3) is 5.69 Å². The van der Waals surface area contributed by atoms with Gasteiger partial charge in [-0.05, 0) is 31.0 Å². The summed E-state index contributed by atoms with van der Waals surface area (Å²) in [4.78, 5) is 16.1. The summed E-state index contributed by atoms with van der Waals surface area (Å²) < 4.78 is 7.62. The first-order valence-electron chi connectivity index (χ1n) is 7.26. The zero-order valence-corrected chi connectivity index (χ0v) is 12.9. The number of nitrogens with zero attached hydrogens (tertiary/aromatic N) is 3. The lowest BCUT2D eigenvalue weighted by molar-refractivity contribution is -0.384. The molecule has 0 spiro atoms. The molecule has 0 radical (unpaired) electrons. The van der Waals surface area contributed by atoms with Crippen LogP contribution in [0.15, 0.2) is 57.5 Å². The predicted octanol–water partition coefficient (Wildman–Crippen LogP) is 4.29. The molecule has 1 aromatic carbocycles. The Kier molecular flexibility index (Phi) is 3.34. The van der Waals surface area contributed by atoms with Crippen molar-refractivity contribution in [1.29, 1.82) is 0 Å². The van der Waals surface area contributed by atoms with Gasteiger partial charge >= 0.3 is 0 Å². The molecule has 0 aliphatic heterocycles. The molecule has 4 rings (SSSR count). The molecule has 1 aliphatic carbocycles. The van der Waals surface area contributed by atoms with Crippen LogP contribution in [0.1, 0.15) is 18.9 Å². The Balaban J connectivity index is 1.89. The fourth-order valence-electron chi connectivity index (χ4n) is 2.51. The minimum Gasteiger partial charge on any atom is -0.463 e. The second kappa shape index (κ2) is 5.51. The lowest BCUT2D eigenvalue weighted by Crippen LogP contribution is -2.14. The highest BCUT2D eigenvalue weighted by atomic mass is 32.1. The summed E-state index contributed by atoms with van der Waals surface area (Å²) >= 11 is 1.47. The van der Waals surface area contributed by atoms with Crippen LogP contribution in [0, 0.1) is 10.1 Å². The maximum atomic E-state index is 11.2. The van der Waals surface area contributed by atoms with Crippen molar-refractivity contribution in [2.75, 3.05) is 0 Å². The number of nitro benzene ring substituents is 1. The largest absolute Gasteiger partial charge is 0.463 e. The van der Waals surface area contributed by atoms with Gasteiger partial charge in [-0.3, -0.25) is 10.1 Å². The lowest BCUT2D eigenvalue weighted by Gasteiger charge is -2.05. The maximum absolute atomic E-state index is 11.2. The number of para-hydroxylation sites is 2. The van der Waals surface area contributed by atoms with Gasteiger partial charge in [0.05, 0.1) is 16.9 Å². The third-order valence-electron chi connectivity index (χ3n) is 3.72. The summed E-state index contributed by atoms with van der Waals surface area (Å²) in [5.41, 5.74) is 1.36. The minimum absolute atomic E-state index is 0.0165. The first-order chi connectivity index (χ1) is 11.2. The summed E-state index contributed by atoms with van der Waals surface area (Å²) in [5.74, 6) is 0.789. The van der Waals surface area contributed by atoms with E-state index in [1.807, 2.05) is 17.5 Å². The van der Waals surface area contributed by atoms with Gasteiger partial charge in [0, 0.05) is 17.5 Å². The Morgan fingerprint density at radius 3 is 2.78 bits per heavy atom. The number of nitro groups is 1. The molecule has 0 atom stereocenters. The molecule has 0 unspecified atom stereocenters. The Labute approximate surface area is 135 Å². The Hall–Kier alpha value is -2.67. The second-order valence-corrected chi connectivity index (χ2v) is 6.18. The molecule has 0 bridgehead atoms. The van der Waals surface area contributed by atoms with Crippen LogP contribution in [0.25, 0.3) is 11.5 Å². The van der Waals surface area contributed by atoms with Gasteiger partial charge < -0.3 is 8.98 Å². The van der Waals surface area contributed by atoms with E-state index in [1.165, 1.54) is 17.4 Å². The Morgan fingerprint density at radius 1 is 1.26 bits per heavy atom. The number of thiazole rings is 1. The molecule has 3 aromatic rings. The van der Waals surface area contributed by atoms with Crippen LogP contribution in [0.3, 0.4) is 0 Å². The molecular formula is C16H13N3O3S. The average molecular weight is 327 g/mol. The number of rotatable bonds is 4. The van der Waals surface area contributed by atoms with Gasteiger partial charge in [-0.15, -0.1) is 11.3 Å². The van der Waals surface area contributed by atoms with Crippen LogP contribution >= 0.6 is 11.3 Å². The van der Waals surface area contributed by atoms with Crippen LogP contribution in [-0.4, -0.2) is 9.49 Å². The molecule has 0 saturated heterocycles. The van der Waals surface area contributed by atoms with Gasteiger partial charge in [0.2, 0.25) is 0 Å². The summed E-state index contributed by atoms with van der Waals surface area (Å²) in [7, 11) is 0. The van der Waals surface area contributed by atoms with Gasteiger partial charge in [0.15, 0.2) is 10.6 Å². The Morgan fingerprint density at radius 2 is 2.09 bits per heavy atom. The molecule has 2 heterocycles. The molecule has 2 aromatic heterocycles. The minimum atomic E-state index is -0.401. The van der Waals surface area contributed by atoms with Crippen LogP contribution < -0.4 is 4.80 Å². The van der Waals surface area contributed by atoms with Crippen molar-refractivity contribution in [2.45, 2.75) is 18.9 Å². The molecule has 1 fully saturated rings. The molecule has 1 aliphatic rings. The zero-order valence-electron chi connectivity index (χ0n) is 12.1. The smallest absolute Gasteiger partial charge is 0.294 e. The van der Waals surface area contributed by atoms with Gasteiger partial charge in [-0.1, -0.05) is 12.1 Å². The van der Waals surface area contributed by atoms with Crippen molar-refractivity contribution in [1.82, 2.24) is 4.57 Å². The number of benzene rings is 1. The summed E-state index contributed by atoms with van der Waals surface area (Å²) in [5, 5.41) is 13.2. The van der Waals surface area contributed by atoms with Crippen molar-refractivity contribution in [3.05, 3.63) is 63.0 Å². The topological polar surface area (TPSA) is 73.6 Å². The van der Waals surface area contributed by atoms with E-state index in [0.717, 1.165) is 29.1 Å². The normalized spacial score (nSPS) is 15.0. The third-order valence-corrected chi connectivity index (χ3v) is 4.56. The molecule has 7 heteroatoms. The fourth-order valence-corrected chi connectivity index (χ4v) is 3.47. The van der Waals surface area contributed by atoms with E-state index in [1.54, 1.807) is 24.5 Å². The van der Waals surface area contributed by atoms with E-state index < -0.39 is 4.92 Å². The molecule has 0 amide bonds. The SMILES string of the molecule is O=[N+]([O-])c1ccccc1N=c1scc(-c2ccco2)n1C1CC1. The molecular weight excluding hydrogens is 314 g/mol. The zero-order chi connectivity index (χ0) is 15.8. The molecule has 0 N–H and O–H groups in total. The van der Waals surface area contributed by atoms with Crippen LogP contribution in [0.4, 0.5) is 11.4 Å². The van der Waals surface area contributed by atoms with E-state index in [9.17, 15) is 10.1 Å². The van der Waals surface area contributed by atoms with E-state index in [0.29, 0.717) is 11.7 Å². The van der Waals surface area contributed by atoms with Crippen molar-refractivity contribution in [3.63, 3.8) is 0 Å². The van der Waals surface area contributed by atoms with E-state index in [4.69, 9.17) is 4.42 Å². The number of hydrogen-bond donors (Lipinski definition) is 0. The van der Waals surface area contributed by atoms with Crippen molar-refractivity contribution in [3.8, 4) is 11.5 Å². The second-order valence-electron chi connectivity index (χ2n) is 5.34. The summed E-state index contributed by atoms with van der Waals surface area (Å²) in [6.45, 7) is 0. The highest BCUT2D eigenvalue weighted by Crippen LogP contribution is 2.38. The molecule has 1 saturated carbocycles. The quantitative estimate of drug-likeness (QED) is 0.530. The maximum Gasteiger partial charge on any atom is 0.294 e. The number of hydrogen-bond acceptors (Lipinski definition) is 5. The van der Waals surface area contributed by atoms with Gasteiger partial charge in [-0.2, -0.15) is 0 Å². The molecule has 6 nitrogen and oxygen atoms in total. The number of furan rings is 1. The van der Waals surface area contributed by atoms with E-state index in [2.05, 4.69) is 9.56 Å². The van der Waals surface area contributed by atoms with Gasteiger partial charge in [0.1, 0.15) is 5.69 Å². The summed E-state index contributed by atoms with van der Waals surface area (Å²) in [6, 6.07) is 10.7. The average Bonchev–Trinajstić information content (AvgIpc) is 3.08. The summed E-state index contributed by atoms with van der Waals surface area (Å²) in [6.07, 6.45) is 3.83. The van der Waals surface area contributed by atoms with Crippen LogP contribution in [-0.2, 0) is 0 Å².